The molecule has 0 fully saturated rings. The van der Waals surface area contributed by atoms with Crippen molar-refractivity contribution in [1.82, 2.24) is 0 Å². The van der Waals surface area contributed by atoms with Gasteiger partial charge in [-0.05, 0) is 16.9 Å². The van der Waals surface area contributed by atoms with Gasteiger partial charge in [0, 0.05) is 10.8 Å². The van der Waals surface area contributed by atoms with Crippen LogP contribution in [0.4, 0.5) is 0 Å². The standard InChI is InChI=1S/C11H16O2S/c1-11(2,3)8(7-10(12)13)9-5-4-6-14-9/h4-6,8H,7H2,1-3H3,(H,12,13). The van der Waals surface area contributed by atoms with Crippen LogP contribution in [0.3, 0.4) is 0 Å². The molecular formula is C11H16O2S. The number of hydrogen-bond donors (Lipinski definition) is 1. The summed E-state index contributed by atoms with van der Waals surface area (Å²) >= 11 is 1.64. The van der Waals surface area contributed by atoms with Crippen molar-refractivity contribution in [3.05, 3.63) is 22.4 Å². The first-order valence-corrected chi connectivity index (χ1v) is 5.54. The zero-order valence-electron chi connectivity index (χ0n) is 8.78. The average molecular weight is 212 g/mol. The summed E-state index contributed by atoms with van der Waals surface area (Å²) < 4.78 is 0. The fraction of sp³-hybridized carbons (Fsp3) is 0.545. The lowest BCUT2D eigenvalue weighted by Gasteiger charge is -2.28. The highest BCUT2D eigenvalue weighted by Gasteiger charge is 2.28. The number of hydrogen-bond acceptors (Lipinski definition) is 2. The number of carboxylic acid groups (broad SMARTS) is 1. The molecule has 3 heteroatoms. The topological polar surface area (TPSA) is 37.3 Å². The SMILES string of the molecule is CC(C)(C)C(CC(=O)O)c1cccs1. The van der Waals surface area contributed by atoms with Crippen LogP contribution < -0.4 is 0 Å². The van der Waals surface area contributed by atoms with E-state index in [9.17, 15) is 4.79 Å². The Morgan fingerprint density at radius 3 is 2.57 bits per heavy atom. The van der Waals surface area contributed by atoms with Gasteiger partial charge < -0.3 is 5.11 Å². The first kappa shape index (κ1) is 11.2. The predicted octanol–water partition coefficient (Wildman–Crippen LogP) is 3.35. The molecule has 0 amide bonds. The number of rotatable bonds is 3. The van der Waals surface area contributed by atoms with Gasteiger partial charge in [-0.25, -0.2) is 0 Å². The van der Waals surface area contributed by atoms with E-state index in [4.69, 9.17) is 5.11 Å². The molecule has 0 saturated heterocycles. The smallest absolute Gasteiger partial charge is 0.304 e. The molecule has 0 aromatic carbocycles. The number of carboxylic acids is 1. The summed E-state index contributed by atoms with van der Waals surface area (Å²) in [6, 6.07) is 3.99. The van der Waals surface area contributed by atoms with E-state index in [1.54, 1.807) is 11.3 Å². The van der Waals surface area contributed by atoms with Gasteiger partial charge in [-0.2, -0.15) is 0 Å². The lowest BCUT2D eigenvalue weighted by molar-refractivity contribution is -0.138. The number of aliphatic carboxylic acids is 1. The van der Waals surface area contributed by atoms with Crippen molar-refractivity contribution in [2.45, 2.75) is 33.1 Å². The maximum absolute atomic E-state index is 10.8. The van der Waals surface area contributed by atoms with Gasteiger partial charge in [-0.15, -0.1) is 11.3 Å². The molecule has 0 aliphatic rings. The van der Waals surface area contributed by atoms with Crippen molar-refractivity contribution in [2.75, 3.05) is 0 Å². The molecule has 78 valence electrons. The molecule has 0 aliphatic heterocycles. The van der Waals surface area contributed by atoms with Crippen LogP contribution >= 0.6 is 11.3 Å². The minimum absolute atomic E-state index is 0.00322. The Balaban J connectivity index is 2.89. The van der Waals surface area contributed by atoms with Crippen molar-refractivity contribution >= 4 is 17.3 Å². The number of thiophene rings is 1. The Bertz CT molecular complexity index is 296. The van der Waals surface area contributed by atoms with E-state index >= 15 is 0 Å². The number of carbonyl (C=O) groups is 1. The van der Waals surface area contributed by atoms with Gasteiger partial charge in [0.05, 0.1) is 6.42 Å². The quantitative estimate of drug-likeness (QED) is 0.834. The van der Waals surface area contributed by atoms with E-state index in [1.807, 2.05) is 17.5 Å². The molecule has 1 rings (SSSR count). The molecule has 14 heavy (non-hydrogen) atoms. The Hall–Kier alpha value is -0.830. The molecular weight excluding hydrogens is 196 g/mol. The Morgan fingerprint density at radius 2 is 2.21 bits per heavy atom. The summed E-state index contributed by atoms with van der Waals surface area (Å²) in [5.41, 5.74) is 0.00322. The molecule has 1 aromatic heterocycles. The van der Waals surface area contributed by atoms with Crippen LogP contribution in [-0.2, 0) is 4.79 Å². The second-order valence-electron chi connectivity index (χ2n) is 4.53. The third-order valence-electron chi connectivity index (χ3n) is 2.31. The second kappa shape index (κ2) is 4.13. The zero-order valence-corrected chi connectivity index (χ0v) is 9.60. The Labute approximate surface area is 88.6 Å². The highest BCUT2D eigenvalue weighted by atomic mass is 32.1. The van der Waals surface area contributed by atoms with Gasteiger partial charge in [0.25, 0.3) is 0 Å². The molecule has 1 atom stereocenters. The van der Waals surface area contributed by atoms with Gasteiger partial charge >= 0.3 is 5.97 Å². The largest absolute Gasteiger partial charge is 0.481 e. The summed E-state index contributed by atoms with van der Waals surface area (Å²) in [6.45, 7) is 6.25. The molecule has 1 N–H and O–H groups in total. The Morgan fingerprint density at radius 1 is 1.57 bits per heavy atom. The summed E-state index contributed by atoms with van der Waals surface area (Å²) in [6.07, 6.45) is 0.212. The maximum Gasteiger partial charge on any atom is 0.304 e. The molecule has 1 heterocycles. The molecule has 2 nitrogen and oxygen atoms in total. The third kappa shape index (κ3) is 2.84. The van der Waals surface area contributed by atoms with Crippen molar-refractivity contribution < 1.29 is 9.90 Å². The van der Waals surface area contributed by atoms with Gasteiger partial charge in [0.2, 0.25) is 0 Å². The fourth-order valence-corrected chi connectivity index (χ4v) is 2.57. The van der Waals surface area contributed by atoms with Crippen LogP contribution in [0.15, 0.2) is 17.5 Å². The Kier molecular flexibility index (Phi) is 3.32. The lowest BCUT2D eigenvalue weighted by Crippen LogP contribution is -2.20. The van der Waals surface area contributed by atoms with E-state index in [0.717, 1.165) is 0 Å². The molecule has 0 radical (unpaired) electrons. The molecule has 1 unspecified atom stereocenters. The van der Waals surface area contributed by atoms with E-state index in [2.05, 4.69) is 20.8 Å². The summed E-state index contributed by atoms with van der Waals surface area (Å²) in [5, 5.41) is 10.8. The van der Waals surface area contributed by atoms with Gasteiger partial charge in [-0.1, -0.05) is 26.8 Å². The zero-order chi connectivity index (χ0) is 10.8. The average Bonchev–Trinajstić information content (AvgIpc) is 2.49. The summed E-state index contributed by atoms with van der Waals surface area (Å²) in [7, 11) is 0. The monoisotopic (exact) mass is 212 g/mol. The van der Waals surface area contributed by atoms with Crippen molar-refractivity contribution in [1.29, 1.82) is 0 Å². The van der Waals surface area contributed by atoms with Crippen LogP contribution in [0.2, 0.25) is 0 Å². The molecule has 0 spiro atoms. The van der Waals surface area contributed by atoms with Crippen LogP contribution in [0.5, 0.6) is 0 Å². The molecule has 0 bridgehead atoms. The normalized spacial score (nSPS) is 13.9. The predicted molar refractivity (Wildman–Crippen MR) is 58.8 cm³/mol. The van der Waals surface area contributed by atoms with Crippen molar-refractivity contribution in [3.8, 4) is 0 Å². The van der Waals surface area contributed by atoms with Crippen LogP contribution in [0, 0.1) is 5.41 Å². The second-order valence-corrected chi connectivity index (χ2v) is 5.51. The first-order chi connectivity index (χ1) is 6.41. The van der Waals surface area contributed by atoms with Crippen molar-refractivity contribution in [3.63, 3.8) is 0 Å². The highest BCUT2D eigenvalue weighted by Crippen LogP contribution is 2.39. The van der Waals surface area contributed by atoms with Gasteiger partial charge in [0.1, 0.15) is 0 Å². The molecule has 0 saturated carbocycles. The van der Waals surface area contributed by atoms with E-state index < -0.39 is 5.97 Å². The summed E-state index contributed by atoms with van der Waals surface area (Å²) in [4.78, 5) is 11.9. The minimum Gasteiger partial charge on any atom is -0.481 e. The molecule has 0 aliphatic carbocycles. The van der Waals surface area contributed by atoms with Crippen molar-refractivity contribution in [2.24, 2.45) is 5.41 Å². The minimum atomic E-state index is -0.724. The summed E-state index contributed by atoms with van der Waals surface area (Å²) in [5.74, 6) is -0.613. The first-order valence-electron chi connectivity index (χ1n) is 4.66. The third-order valence-corrected chi connectivity index (χ3v) is 3.30. The van der Waals surface area contributed by atoms with E-state index in [-0.39, 0.29) is 17.8 Å². The van der Waals surface area contributed by atoms with E-state index in [1.165, 1.54) is 4.88 Å². The lowest BCUT2D eigenvalue weighted by atomic mass is 9.78. The van der Waals surface area contributed by atoms with Crippen LogP contribution in [0.25, 0.3) is 0 Å². The van der Waals surface area contributed by atoms with Gasteiger partial charge in [-0.3, -0.25) is 4.79 Å². The fourth-order valence-electron chi connectivity index (χ4n) is 1.50. The molecule has 1 aromatic rings. The van der Waals surface area contributed by atoms with Crippen LogP contribution in [0.1, 0.15) is 38.0 Å². The maximum atomic E-state index is 10.8. The van der Waals surface area contributed by atoms with Gasteiger partial charge in [0.15, 0.2) is 0 Å². The highest BCUT2D eigenvalue weighted by molar-refractivity contribution is 7.10. The van der Waals surface area contributed by atoms with Crippen LogP contribution in [-0.4, -0.2) is 11.1 Å². The van der Waals surface area contributed by atoms with E-state index in [0.29, 0.717) is 0 Å².